The Bertz CT molecular complexity index is 804. The van der Waals surface area contributed by atoms with Gasteiger partial charge in [-0.05, 0) is 25.5 Å². The van der Waals surface area contributed by atoms with E-state index < -0.39 is 27.1 Å². The molecule has 1 aliphatic rings. The zero-order valence-corrected chi connectivity index (χ0v) is 20.4. The quantitative estimate of drug-likeness (QED) is 0.179. The van der Waals surface area contributed by atoms with E-state index in [9.17, 15) is 25.0 Å². The minimum Gasteiger partial charge on any atom is -0.379 e. The lowest BCUT2D eigenvalue weighted by atomic mass is 10.1. The molecular weight excluding hydrogens is 501 g/mol. The van der Waals surface area contributed by atoms with Crippen LogP contribution in [0.25, 0.3) is 0 Å². The molecule has 1 heterocycles. The topological polar surface area (TPSA) is 131 Å². The van der Waals surface area contributed by atoms with E-state index in [2.05, 4.69) is 10.2 Å². The summed E-state index contributed by atoms with van der Waals surface area (Å²) in [5, 5.41) is 25.7. The third kappa shape index (κ3) is 8.74. The number of morpholine rings is 1. The van der Waals surface area contributed by atoms with Crippen molar-refractivity contribution in [3.63, 3.8) is 0 Å². The highest BCUT2D eigenvalue weighted by Gasteiger charge is 2.30. The number of carbonyl (C=O) groups excluding carboxylic acids is 1. The van der Waals surface area contributed by atoms with E-state index in [-0.39, 0.29) is 48.5 Å². The number of anilines is 1. The molecule has 0 saturated carbocycles. The van der Waals surface area contributed by atoms with Crippen LogP contribution in [-0.4, -0.2) is 84.9 Å². The maximum absolute atomic E-state index is 12.7. The first-order chi connectivity index (χ1) is 15.4. The third-order valence-electron chi connectivity index (χ3n) is 5.07. The van der Waals surface area contributed by atoms with Gasteiger partial charge < -0.3 is 15.0 Å². The van der Waals surface area contributed by atoms with Crippen LogP contribution in [0, 0.1) is 20.2 Å². The molecule has 1 aliphatic heterocycles. The normalized spacial score (nSPS) is 13.8. The second-order valence-electron chi connectivity index (χ2n) is 7.15. The average Bonchev–Trinajstić information content (AvgIpc) is 2.78. The molecule has 1 N–H and O–H groups in total. The molecule has 14 heteroatoms. The Morgan fingerprint density at radius 2 is 1.67 bits per heavy atom. The van der Waals surface area contributed by atoms with Gasteiger partial charge in [-0.2, -0.15) is 0 Å². The summed E-state index contributed by atoms with van der Waals surface area (Å²) in [6.07, 6.45) is 1.55. The molecule has 0 radical (unpaired) electrons. The Hall–Kier alpha value is -1.92. The van der Waals surface area contributed by atoms with Gasteiger partial charge in [-0.3, -0.25) is 29.9 Å². The van der Waals surface area contributed by atoms with Crippen LogP contribution >= 0.6 is 35.6 Å². The molecule has 2 rings (SSSR count). The SMILES string of the molecule is Cl.O=C(NCCCCN1CCOCC1)c1cc(N(CCCl)CCCl)c([N+](=O)[O-])cc1[N+](=O)[O-]. The minimum absolute atomic E-state index is 0. The number of rotatable bonds is 13. The highest BCUT2D eigenvalue weighted by Crippen LogP contribution is 2.35. The summed E-state index contributed by atoms with van der Waals surface area (Å²) in [5.74, 6) is -0.332. The predicted octanol–water partition coefficient (Wildman–Crippen LogP) is 3.05. The Labute approximate surface area is 208 Å². The Kier molecular flexibility index (Phi) is 13.3. The summed E-state index contributed by atoms with van der Waals surface area (Å²) in [6.45, 7) is 4.87. The first-order valence-electron chi connectivity index (χ1n) is 10.3. The molecule has 0 aliphatic carbocycles. The molecule has 0 aromatic heterocycles. The number of carbonyl (C=O) groups is 1. The van der Waals surface area contributed by atoms with Crippen LogP contribution in [0.15, 0.2) is 12.1 Å². The minimum atomic E-state index is -0.794. The molecule has 1 amide bonds. The van der Waals surface area contributed by atoms with E-state index in [0.29, 0.717) is 26.2 Å². The molecular formula is C19H28Cl3N5O6. The number of hydrogen-bond donors (Lipinski definition) is 1. The second-order valence-corrected chi connectivity index (χ2v) is 7.91. The van der Waals surface area contributed by atoms with Crippen molar-refractivity contribution in [1.82, 2.24) is 10.2 Å². The van der Waals surface area contributed by atoms with Gasteiger partial charge in [-0.25, -0.2) is 0 Å². The first-order valence-corrected chi connectivity index (χ1v) is 11.4. The summed E-state index contributed by atoms with van der Waals surface area (Å²) in [7, 11) is 0. The standard InChI is InChI=1S/C19H27Cl2N5O6.ClH/c20-3-7-24(8-4-21)17-13-15(16(25(28)29)14-18(17)26(30)31)19(27)22-5-1-2-6-23-9-11-32-12-10-23;/h13-14H,1-12H2,(H,22,27);1H. The average molecular weight is 529 g/mol. The molecule has 0 spiro atoms. The monoisotopic (exact) mass is 527 g/mol. The van der Waals surface area contributed by atoms with Crippen LogP contribution in [0.5, 0.6) is 0 Å². The Morgan fingerprint density at radius 3 is 2.21 bits per heavy atom. The fraction of sp³-hybridized carbons (Fsp3) is 0.632. The van der Waals surface area contributed by atoms with Crippen molar-refractivity contribution >= 4 is 58.6 Å². The summed E-state index contributed by atoms with van der Waals surface area (Å²) in [5.41, 5.74) is -1.27. The van der Waals surface area contributed by atoms with Crippen LogP contribution in [-0.2, 0) is 4.74 Å². The molecule has 1 saturated heterocycles. The van der Waals surface area contributed by atoms with Gasteiger partial charge in [-0.1, -0.05) is 0 Å². The fourth-order valence-corrected chi connectivity index (χ4v) is 3.85. The molecule has 186 valence electrons. The molecule has 1 aromatic rings. The summed E-state index contributed by atoms with van der Waals surface area (Å²) in [4.78, 5) is 38.1. The van der Waals surface area contributed by atoms with E-state index in [1.54, 1.807) is 4.90 Å². The number of nitrogens with one attached hydrogen (secondary N) is 1. The number of unbranched alkanes of at least 4 members (excludes halogenated alkanes) is 1. The maximum atomic E-state index is 12.7. The second kappa shape index (κ2) is 15.1. The van der Waals surface area contributed by atoms with Crippen LogP contribution in [0.2, 0.25) is 0 Å². The summed E-state index contributed by atoms with van der Waals surface area (Å²) >= 11 is 11.6. The number of benzene rings is 1. The third-order valence-corrected chi connectivity index (χ3v) is 5.41. The molecule has 1 aromatic carbocycles. The summed E-state index contributed by atoms with van der Waals surface area (Å²) in [6, 6.07) is 2.00. The van der Waals surface area contributed by atoms with Gasteiger partial charge >= 0.3 is 0 Å². The molecule has 0 unspecified atom stereocenters. The van der Waals surface area contributed by atoms with E-state index in [4.69, 9.17) is 27.9 Å². The van der Waals surface area contributed by atoms with Crippen molar-refractivity contribution in [3.8, 4) is 0 Å². The van der Waals surface area contributed by atoms with Crippen molar-refractivity contribution in [2.75, 3.05) is 69.1 Å². The van der Waals surface area contributed by atoms with Crippen LogP contribution in [0.1, 0.15) is 23.2 Å². The van der Waals surface area contributed by atoms with Crippen LogP contribution in [0.4, 0.5) is 17.1 Å². The number of alkyl halides is 2. The number of nitro groups is 2. The van der Waals surface area contributed by atoms with E-state index in [1.807, 2.05) is 0 Å². The van der Waals surface area contributed by atoms with Crippen molar-refractivity contribution in [3.05, 3.63) is 37.9 Å². The number of halogens is 3. The fourth-order valence-electron chi connectivity index (χ4n) is 3.44. The smallest absolute Gasteiger partial charge is 0.299 e. The van der Waals surface area contributed by atoms with Gasteiger partial charge in [0.05, 0.1) is 29.1 Å². The molecule has 1 fully saturated rings. The van der Waals surface area contributed by atoms with Crippen molar-refractivity contribution < 1.29 is 19.4 Å². The zero-order chi connectivity index (χ0) is 23.5. The number of hydrogen-bond acceptors (Lipinski definition) is 8. The number of amides is 1. The Morgan fingerprint density at radius 1 is 1.06 bits per heavy atom. The molecule has 0 atom stereocenters. The highest BCUT2D eigenvalue weighted by atomic mass is 35.5. The molecule has 11 nitrogen and oxygen atoms in total. The van der Waals surface area contributed by atoms with Crippen molar-refractivity contribution in [2.24, 2.45) is 0 Å². The first kappa shape index (κ1) is 29.1. The van der Waals surface area contributed by atoms with E-state index in [1.165, 1.54) is 6.07 Å². The highest BCUT2D eigenvalue weighted by molar-refractivity contribution is 6.18. The van der Waals surface area contributed by atoms with Crippen LogP contribution < -0.4 is 10.2 Å². The van der Waals surface area contributed by atoms with E-state index >= 15 is 0 Å². The van der Waals surface area contributed by atoms with E-state index in [0.717, 1.165) is 32.1 Å². The molecule has 0 bridgehead atoms. The van der Waals surface area contributed by atoms with Crippen molar-refractivity contribution in [1.29, 1.82) is 0 Å². The number of ether oxygens (including phenoxy) is 1. The zero-order valence-electron chi connectivity index (χ0n) is 18.0. The van der Waals surface area contributed by atoms with Gasteiger partial charge in [0.25, 0.3) is 17.3 Å². The Balaban J connectivity index is 0.00000544. The number of nitro benzene ring substituents is 2. The van der Waals surface area contributed by atoms with Gasteiger partial charge in [0.1, 0.15) is 11.3 Å². The predicted molar refractivity (Wildman–Crippen MR) is 129 cm³/mol. The summed E-state index contributed by atoms with van der Waals surface area (Å²) < 4.78 is 5.30. The van der Waals surface area contributed by atoms with Crippen LogP contribution in [0.3, 0.4) is 0 Å². The van der Waals surface area contributed by atoms with Gasteiger partial charge in [-0.15, -0.1) is 35.6 Å². The molecule has 33 heavy (non-hydrogen) atoms. The number of nitrogens with zero attached hydrogens (tertiary/aromatic N) is 4. The largest absolute Gasteiger partial charge is 0.379 e. The van der Waals surface area contributed by atoms with Crippen molar-refractivity contribution in [2.45, 2.75) is 12.8 Å². The van der Waals surface area contributed by atoms with Gasteiger partial charge in [0.2, 0.25) is 0 Å². The van der Waals surface area contributed by atoms with Gasteiger partial charge in [0.15, 0.2) is 0 Å². The lowest BCUT2D eigenvalue weighted by Crippen LogP contribution is -2.37. The van der Waals surface area contributed by atoms with Gasteiger partial charge in [0, 0.05) is 44.5 Å². The lowest BCUT2D eigenvalue weighted by Gasteiger charge is -2.26. The lowest BCUT2D eigenvalue weighted by molar-refractivity contribution is -0.393. The maximum Gasteiger partial charge on any atom is 0.299 e.